The fourth-order valence-electron chi connectivity index (χ4n) is 3.05. The van der Waals surface area contributed by atoms with Gasteiger partial charge in [-0.05, 0) is 32.6 Å². The zero-order valence-electron chi connectivity index (χ0n) is 10.8. The van der Waals surface area contributed by atoms with Gasteiger partial charge in [0.25, 0.3) is 0 Å². The fourth-order valence-corrected chi connectivity index (χ4v) is 3.05. The first-order valence-electron chi connectivity index (χ1n) is 6.72. The third-order valence-electron chi connectivity index (χ3n) is 4.22. The second kappa shape index (κ2) is 5.12. The van der Waals surface area contributed by atoms with Gasteiger partial charge in [-0.15, -0.1) is 0 Å². The Hall–Kier alpha value is -1.32. The molecule has 0 aromatic carbocycles. The number of hydrogen-bond acceptors (Lipinski definition) is 2. The van der Waals surface area contributed by atoms with Gasteiger partial charge in [0.1, 0.15) is 0 Å². The average Bonchev–Trinajstić information content (AvgIpc) is 2.75. The smallest absolute Gasteiger partial charge is 0.307 e. The summed E-state index contributed by atoms with van der Waals surface area (Å²) in [5.74, 6) is -1.93. The number of allylic oxidation sites excluding steroid dienone is 2. The molecule has 0 aromatic heterocycles. The summed E-state index contributed by atoms with van der Waals surface area (Å²) in [4.78, 5) is 23.4. The van der Waals surface area contributed by atoms with Gasteiger partial charge in [-0.25, -0.2) is 0 Å². The van der Waals surface area contributed by atoms with Crippen LogP contribution in [-0.4, -0.2) is 22.5 Å². The van der Waals surface area contributed by atoms with E-state index in [1.54, 1.807) is 0 Å². The van der Waals surface area contributed by atoms with Crippen LogP contribution < -0.4 is 5.32 Å². The topological polar surface area (TPSA) is 66.4 Å². The molecular formula is C14H21NO3. The number of hydrogen-bond donors (Lipinski definition) is 2. The van der Waals surface area contributed by atoms with Gasteiger partial charge in [0.15, 0.2) is 0 Å². The lowest BCUT2D eigenvalue weighted by Gasteiger charge is -2.31. The highest BCUT2D eigenvalue weighted by Crippen LogP contribution is 2.31. The van der Waals surface area contributed by atoms with Crippen molar-refractivity contribution in [3.63, 3.8) is 0 Å². The molecule has 0 saturated heterocycles. The van der Waals surface area contributed by atoms with E-state index in [1.165, 1.54) is 0 Å². The van der Waals surface area contributed by atoms with Gasteiger partial charge in [-0.3, -0.25) is 9.59 Å². The molecule has 0 aromatic rings. The molecule has 2 N–H and O–H groups in total. The number of carboxylic acid groups (broad SMARTS) is 1. The number of nitrogens with one attached hydrogen (secondary N) is 1. The molecule has 0 unspecified atom stereocenters. The lowest BCUT2D eigenvalue weighted by Crippen LogP contribution is -2.48. The van der Waals surface area contributed by atoms with Crippen LogP contribution in [0, 0.1) is 11.8 Å². The molecule has 2 atom stereocenters. The van der Waals surface area contributed by atoms with Crippen molar-refractivity contribution in [1.29, 1.82) is 0 Å². The zero-order chi connectivity index (χ0) is 13.2. The minimum Gasteiger partial charge on any atom is -0.481 e. The van der Waals surface area contributed by atoms with Crippen molar-refractivity contribution in [2.45, 2.75) is 51.0 Å². The van der Waals surface area contributed by atoms with Gasteiger partial charge in [-0.1, -0.05) is 25.0 Å². The van der Waals surface area contributed by atoms with E-state index in [0.29, 0.717) is 12.8 Å². The summed E-state index contributed by atoms with van der Waals surface area (Å²) in [6.45, 7) is 2.06. The second-order valence-corrected chi connectivity index (χ2v) is 5.75. The van der Waals surface area contributed by atoms with Crippen LogP contribution >= 0.6 is 0 Å². The van der Waals surface area contributed by atoms with E-state index in [2.05, 4.69) is 12.2 Å². The summed E-state index contributed by atoms with van der Waals surface area (Å²) in [6.07, 6.45) is 9.06. The van der Waals surface area contributed by atoms with Crippen LogP contribution in [0.5, 0.6) is 0 Å². The van der Waals surface area contributed by atoms with E-state index >= 15 is 0 Å². The van der Waals surface area contributed by atoms with Crippen LogP contribution in [0.2, 0.25) is 0 Å². The molecule has 0 bridgehead atoms. The lowest BCUT2D eigenvalue weighted by molar-refractivity contribution is -0.147. The van der Waals surface area contributed by atoms with Gasteiger partial charge >= 0.3 is 5.97 Å². The van der Waals surface area contributed by atoms with Gasteiger partial charge in [0.05, 0.1) is 11.8 Å². The standard InChI is InChI=1S/C14H21NO3/c1-14(8-4-5-9-14)15-12(16)10-6-2-3-7-11(10)13(17)18/h2-3,10-11H,4-9H2,1H3,(H,15,16)(H,17,18)/t10-,11+/m1/s1. The number of carboxylic acids is 1. The highest BCUT2D eigenvalue weighted by molar-refractivity contribution is 5.85. The first-order valence-corrected chi connectivity index (χ1v) is 6.72. The van der Waals surface area contributed by atoms with Crippen molar-refractivity contribution in [3.05, 3.63) is 12.2 Å². The monoisotopic (exact) mass is 251 g/mol. The molecular weight excluding hydrogens is 230 g/mol. The first kappa shape index (κ1) is 13.1. The van der Waals surface area contributed by atoms with Crippen molar-refractivity contribution in [2.24, 2.45) is 11.8 Å². The second-order valence-electron chi connectivity index (χ2n) is 5.75. The molecule has 0 aliphatic heterocycles. The SMILES string of the molecule is CC1(NC(=O)[C@@H]2CC=CC[C@@H]2C(=O)O)CCCC1. The number of aliphatic carboxylic acids is 1. The van der Waals surface area contributed by atoms with Crippen molar-refractivity contribution < 1.29 is 14.7 Å². The summed E-state index contributed by atoms with van der Waals surface area (Å²) in [6, 6.07) is 0. The molecule has 1 saturated carbocycles. The van der Waals surface area contributed by atoms with E-state index in [9.17, 15) is 9.59 Å². The highest BCUT2D eigenvalue weighted by atomic mass is 16.4. The number of rotatable bonds is 3. The minimum atomic E-state index is -0.865. The Balaban J connectivity index is 2.03. The van der Waals surface area contributed by atoms with Crippen LogP contribution in [0.4, 0.5) is 0 Å². The Morgan fingerprint density at radius 1 is 1.17 bits per heavy atom. The predicted molar refractivity (Wildman–Crippen MR) is 68.0 cm³/mol. The van der Waals surface area contributed by atoms with E-state index in [1.807, 2.05) is 12.2 Å². The van der Waals surface area contributed by atoms with Gasteiger partial charge < -0.3 is 10.4 Å². The number of amides is 1. The molecule has 2 aliphatic carbocycles. The minimum absolute atomic E-state index is 0.0869. The van der Waals surface area contributed by atoms with Crippen LogP contribution in [0.3, 0.4) is 0 Å². The Morgan fingerprint density at radius 3 is 2.28 bits per heavy atom. The Morgan fingerprint density at radius 2 is 1.72 bits per heavy atom. The van der Waals surface area contributed by atoms with E-state index in [-0.39, 0.29) is 11.4 Å². The Bertz CT molecular complexity index is 369. The number of carbonyl (C=O) groups is 2. The lowest BCUT2D eigenvalue weighted by atomic mass is 9.82. The molecule has 4 heteroatoms. The number of carbonyl (C=O) groups excluding carboxylic acids is 1. The molecule has 1 fully saturated rings. The summed E-state index contributed by atoms with van der Waals surface area (Å²) in [5.41, 5.74) is -0.124. The maximum Gasteiger partial charge on any atom is 0.307 e. The van der Waals surface area contributed by atoms with Crippen LogP contribution in [0.1, 0.15) is 45.4 Å². The molecule has 2 rings (SSSR count). The maximum atomic E-state index is 12.3. The first-order chi connectivity index (χ1) is 8.52. The molecule has 2 aliphatic rings. The van der Waals surface area contributed by atoms with Crippen molar-refractivity contribution >= 4 is 11.9 Å². The predicted octanol–water partition coefficient (Wildman–Crippen LogP) is 2.10. The highest BCUT2D eigenvalue weighted by Gasteiger charge is 2.38. The summed E-state index contributed by atoms with van der Waals surface area (Å²) in [5, 5.41) is 12.2. The molecule has 4 nitrogen and oxygen atoms in total. The third-order valence-corrected chi connectivity index (χ3v) is 4.22. The van der Waals surface area contributed by atoms with E-state index < -0.39 is 17.8 Å². The van der Waals surface area contributed by atoms with Crippen LogP contribution in [0.25, 0.3) is 0 Å². The zero-order valence-corrected chi connectivity index (χ0v) is 10.8. The maximum absolute atomic E-state index is 12.3. The molecule has 0 spiro atoms. The summed E-state index contributed by atoms with van der Waals surface area (Å²) >= 11 is 0. The third kappa shape index (κ3) is 2.74. The summed E-state index contributed by atoms with van der Waals surface area (Å²) in [7, 11) is 0. The van der Waals surface area contributed by atoms with E-state index in [4.69, 9.17) is 5.11 Å². The van der Waals surface area contributed by atoms with Gasteiger partial charge in [0, 0.05) is 5.54 Å². The van der Waals surface area contributed by atoms with Gasteiger partial charge in [0.2, 0.25) is 5.91 Å². The van der Waals surface area contributed by atoms with Gasteiger partial charge in [-0.2, -0.15) is 0 Å². The molecule has 0 radical (unpaired) electrons. The normalized spacial score (nSPS) is 30.1. The quantitative estimate of drug-likeness (QED) is 0.755. The van der Waals surface area contributed by atoms with Crippen LogP contribution in [0.15, 0.2) is 12.2 Å². The molecule has 1 amide bonds. The van der Waals surface area contributed by atoms with Crippen LogP contribution in [-0.2, 0) is 9.59 Å². The van der Waals surface area contributed by atoms with Crippen molar-refractivity contribution in [2.75, 3.05) is 0 Å². The van der Waals surface area contributed by atoms with Crippen molar-refractivity contribution in [3.8, 4) is 0 Å². The average molecular weight is 251 g/mol. The molecule has 0 heterocycles. The fraction of sp³-hybridized carbons (Fsp3) is 0.714. The Labute approximate surface area is 107 Å². The van der Waals surface area contributed by atoms with E-state index in [0.717, 1.165) is 25.7 Å². The van der Waals surface area contributed by atoms with Crippen molar-refractivity contribution in [1.82, 2.24) is 5.32 Å². The largest absolute Gasteiger partial charge is 0.481 e. The summed E-state index contributed by atoms with van der Waals surface area (Å²) < 4.78 is 0. The molecule has 18 heavy (non-hydrogen) atoms. The Kier molecular flexibility index (Phi) is 3.73. The molecule has 100 valence electrons.